The minimum Gasteiger partial charge on any atom is -0.301 e. The van der Waals surface area contributed by atoms with Gasteiger partial charge in [-0.3, -0.25) is 0 Å². The molecule has 0 aromatic rings. The highest BCUT2D eigenvalue weighted by atomic mass is 15.2. The molecule has 15 heavy (non-hydrogen) atoms. The molecule has 1 aliphatic carbocycles. The Balaban J connectivity index is 1.75. The summed E-state index contributed by atoms with van der Waals surface area (Å²) < 4.78 is 0. The standard InChI is InChI=1S/C13H26N2/c1-3-11-8-14-13(15-9-11)12-6-4-10(2)5-7-12/h10-15H,3-9H2,1-2H3. The number of hydrogen-bond donors (Lipinski definition) is 2. The third-order valence-corrected chi connectivity index (χ3v) is 4.36. The second kappa shape index (κ2) is 5.31. The minimum absolute atomic E-state index is 0.611. The monoisotopic (exact) mass is 210 g/mol. The van der Waals surface area contributed by atoms with E-state index in [0.717, 1.165) is 17.8 Å². The van der Waals surface area contributed by atoms with Gasteiger partial charge >= 0.3 is 0 Å². The molecule has 0 radical (unpaired) electrons. The van der Waals surface area contributed by atoms with Gasteiger partial charge in [-0.05, 0) is 30.6 Å². The molecule has 0 spiro atoms. The molecule has 0 unspecified atom stereocenters. The minimum atomic E-state index is 0.611. The van der Waals surface area contributed by atoms with E-state index >= 15 is 0 Å². The summed E-state index contributed by atoms with van der Waals surface area (Å²) in [6.07, 6.45) is 7.61. The maximum Gasteiger partial charge on any atom is 0.0600 e. The van der Waals surface area contributed by atoms with Crippen LogP contribution in [0.1, 0.15) is 46.0 Å². The van der Waals surface area contributed by atoms with Gasteiger partial charge in [0.25, 0.3) is 0 Å². The first-order valence-electron chi connectivity index (χ1n) is 6.76. The Morgan fingerprint density at radius 1 is 1.00 bits per heavy atom. The quantitative estimate of drug-likeness (QED) is 0.731. The Morgan fingerprint density at radius 3 is 2.13 bits per heavy atom. The number of hydrogen-bond acceptors (Lipinski definition) is 2. The summed E-state index contributed by atoms with van der Waals surface area (Å²) in [5, 5.41) is 7.39. The zero-order chi connectivity index (χ0) is 10.7. The fourth-order valence-electron chi connectivity index (χ4n) is 2.97. The molecule has 1 saturated carbocycles. The molecule has 0 aromatic heterocycles. The van der Waals surface area contributed by atoms with E-state index in [9.17, 15) is 0 Å². The Morgan fingerprint density at radius 2 is 1.60 bits per heavy atom. The van der Waals surface area contributed by atoms with Crippen LogP contribution in [0.5, 0.6) is 0 Å². The lowest BCUT2D eigenvalue weighted by Crippen LogP contribution is -2.56. The molecule has 0 aromatic carbocycles. The van der Waals surface area contributed by atoms with Crippen LogP contribution >= 0.6 is 0 Å². The van der Waals surface area contributed by atoms with E-state index in [1.54, 1.807) is 0 Å². The first-order chi connectivity index (χ1) is 7.29. The number of nitrogens with one attached hydrogen (secondary N) is 2. The summed E-state index contributed by atoms with van der Waals surface area (Å²) >= 11 is 0. The van der Waals surface area contributed by atoms with Crippen molar-refractivity contribution in [1.29, 1.82) is 0 Å². The second-order valence-corrected chi connectivity index (χ2v) is 5.59. The molecular formula is C13H26N2. The lowest BCUT2D eigenvalue weighted by molar-refractivity contribution is 0.168. The van der Waals surface area contributed by atoms with Crippen LogP contribution in [0.25, 0.3) is 0 Å². The van der Waals surface area contributed by atoms with Crippen molar-refractivity contribution in [2.45, 2.75) is 52.1 Å². The maximum atomic E-state index is 3.69. The summed E-state index contributed by atoms with van der Waals surface area (Å²) in [5.74, 6) is 2.70. The van der Waals surface area contributed by atoms with Crippen molar-refractivity contribution in [2.24, 2.45) is 17.8 Å². The Labute approximate surface area is 94.2 Å². The zero-order valence-electron chi connectivity index (χ0n) is 10.3. The van der Waals surface area contributed by atoms with Crippen molar-refractivity contribution in [3.05, 3.63) is 0 Å². The first kappa shape index (κ1) is 11.4. The van der Waals surface area contributed by atoms with Crippen LogP contribution in [-0.2, 0) is 0 Å². The largest absolute Gasteiger partial charge is 0.301 e. The summed E-state index contributed by atoms with van der Waals surface area (Å²) in [7, 11) is 0. The molecule has 2 heteroatoms. The molecule has 88 valence electrons. The topological polar surface area (TPSA) is 24.1 Å². The molecule has 1 aliphatic heterocycles. The molecule has 1 heterocycles. The predicted molar refractivity (Wildman–Crippen MR) is 64.7 cm³/mol. The lowest BCUT2D eigenvalue weighted by Gasteiger charge is -2.38. The third kappa shape index (κ3) is 2.94. The average molecular weight is 210 g/mol. The molecule has 2 aliphatic rings. The Bertz CT molecular complexity index is 177. The predicted octanol–water partition coefficient (Wildman–Crippen LogP) is 2.36. The van der Waals surface area contributed by atoms with E-state index in [-0.39, 0.29) is 0 Å². The van der Waals surface area contributed by atoms with Crippen LogP contribution in [-0.4, -0.2) is 19.3 Å². The van der Waals surface area contributed by atoms with E-state index in [2.05, 4.69) is 24.5 Å². The van der Waals surface area contributed by atoms with Gasteiger partial charge in [-0.25, -0.2) is 0 Å². The molecule has 0 amide bonds. The van der Waals surface area contributed by atoms with E-state index in [1.165, 1.54) is 45.2 Å². The van der Waals surface area contributed by atoms with Gasteiger partial charge in [-0.2, -0.15) is 0 Å². The Kier molecular flexibility index (Phi) is 4.04. The molecule has 0 atom stereocenters. The highest BCUT2D eigenvalue weighted by molar-refractivity contribution is 4.84. The van der Waals surface area contributed by atoms with Crippen LogP contribution in [0.4, 0.5) is 0 Å². The van der Waals surface area contributed by atoms with E-state index < -0.39 is 0 Å². The van der Waals surface area contributed by atoms with Crippen LogP contribution in [0.15, 0.2) is 0 Å². The molecule has 1 saturated heterocycles. The van der Waals surface area contributed by atoms with E-state index in [1.807, 2.05) is 0 Å². The van der Waals surface area contributed by atoms with Gasteiger partial charge in [0.1, 0.15) is 0 Å². The third-order valence-electron chi connectivity index (χ3n) is 4.36. The lowest BCUT2D eigenvalue weighted by atomic mass is 9.80. The molecule has 2 fully saturated rings. The van der Waals surface area contributed by atoms with Crippen molar-refractivity contribution in [3.63, 3.8) is 0 Å². The van der Waals surface area contributed by atoms with Gasteiger partial charge in [0.05, 0.1) is 6.17 Å². The van der Waals surface area contributed by atoms with Crippen molar-refractivity contribution in [1.82, 2.24) is 10.6 Å². The van der Waals surface area contributed by atoms with Crippen molar-refractivity contribution >= 4 is 0 Å². The van der Waals surface area contributed by atoms with E-state index in [4.69, 9.17) is 0 Å². The highest BCUT2D eigenvalue weighted by Gasteiger charge is 2.28. The normalized spacial score (nSPS) is 42.8. The summed E-state index contributed by atoms with van der Waals surface area (Å²) in [5.41, 5.74) is 0. The number of rotatable bonds is 2. The average Bonchev–Trinajstić information content (AvgIpc) is 2.30. The Hall–Kier alpha value is -0.0800. The highest BCUT2D eigenvalue weighted by Crippen LogP contribution is 2.30. The van der Waals surface area contributed by atoms with Crippen LogP contribution < -0.4 is 10.6 Å². The van der Waals surface area contributed by atoms with Gasteiger partial charge in [0.15, 0.2) is 0 Å². The van der Waals surface area contributed by atoms with Crippen LogP contribution in [0.3, 0.4) is 0 Å². The first-order valence-corrected chi connectivity index (χ1v) is 6.76. The molecular weight excluding hydrogens is 184 g/mol. The SMILES string of the molecule is CCC1CNC(C2CCC(C)CC2)NC1. The van der Waals surface area contributed by atoms with Crippen molar-refractivity contribution in [2.75, 3.05) is 13.1 Å². The van der Waals surface area contributed by atoms with Crippen molar-refractivity contribution in [3.8, 4) is 0 Å². The molecule has 2 nitrogen and oxygen atoms in total. The maximum absolute atomic E-state index is 3.69. The summed E-state index contributed by atoms with van der Waals surface area (Å²) in [6.45, 7) is 7.13. The fraction of sp³-hybridized carbons (Fsp3) is 1.00. The van der Waals surface area contributed by atoms with Crippen LogP contribution in [0, 0.1) is 17.8 Å². The van der Waals surface area contributed by atoms with Gasteiger partial charge < -0.3 is 10.6 Å². The summed E-state index contributed by atoms with van der Waals surface area (Å²) in [6, 6.07) is 0. The zero-order valence-corrected chi connectivity index (χ0v) is 10.3. The molecule has 0 bridgehead atoms. The molecule has 2 rings (SSSR count). The van der Waals surface area contributed by atoms with Gasteiger partial charge in [0.2, 0.25) is 0 Å². The van der Waals surface area contributed by atoms with Gasteiger partial charge in [0, 0.05) is 13.1 Å². The van der Waals surface area contributed by atoms with Gasteiger partial charge in [-0.15, -0.1) is 0 Å². The van der Waals surface area contributed by atoms with Crippen molar-refractivity contribution < 1.29 is 0 Å². The smallest absolute Gasteiger partial charge is 0.0600 e. The second-order valence-electron chi connectivity index (χ2n) is 5.59. The van der Waals surface area contributed by atoms with Gasteiger partial charge in [-0.1, -0.05) is 33.1 Å². The fourth-order valence-corrected chi connectivity index (χ4v) is 2.97. The summed E-state index contributed by atoms with van der Waals surface area (Å²) in [4.78, 5) is 0. The molecule has 2 N–H and O–H groups in total. The van der Waals surface area contributed by atoms with E-state index in [0.29, 0.717) is 6.17 Å². The van der Waals surface area contributed by atoms with Crippen LogP contribution in [0.2, 0.25) is 0 Å².